The largest absolute Gasteiger partial charge is 0.465 e. The SMILES string of the molecule is CCC(C)(C)C(=O)OCCCC1CO1. The molecule has 0 bridgehead atoms. The molecule has 3 heteroatoms. The van der Waals surface area contributed by atoms with E-state index in [-0.39, 0.29) is 11.4 Å². The number of hydrogen-bond donors (Lipinski definition) is 0. The minimum Gasteiger partial charge on any atom is -0.465 e. The van der Waals surface area contributed by atoms with Gasteiger partial charge in [0.05, 0.1) is 24.7 Å². The highest BCUT2D eigenvalue weighted by atomic mass is 16.6. The predicted octanol–water partition coefficient (Wildman–Crippen LogP) is 2.14. The van der Waals surface area contributed by atoms with Crippen LogP contribution in [0.15, 0.2) is 0 Å². The van der Waals surface area contributed by atoms with E-state index >= 15 is 0 Å². The minimum absolute atomic E-state index is 0.0864. The van der Waals surface area contributed by atoms with E-state index in [2.05, 4.69) is 0 Å². The van der Waals surface area contributed by atoms with E-state index in [4.69, 9.17) is 9.47 Å². The lowest BCUT2D eigenvalue weighted by atomic mass is 9.91. The van der Waals surface area contributed by atoms with Gasteiger partial charge in [0.1, 0.15) is 0 Å². The summed E-state index contributed by atoms with van der Waals surface area (Å²) < 4.78 is 10.2. The summed E-state index contributed by atoms with van der Waals surface area (Å²) in [6.07, 6.45) is 3.18. The molecule has 82 valence electrons. The van der Waals surface area contributed by atoms with Gasteiger partial charge < -0.3 is 9.47 Å². The van der Waals surface area contributed by atoms with Crippen molar-refractivity contribution < 1.29 is 14.3 Å². The lowest BCUT2D eigenvalue weighted by molar-refractivity contribution is -0.154. The second-order valence-electron chi connectivity index (χ2n) is 4.47. The zero-order chi connectivity index (χ0) is 10.6. The Hall–Kier alpha value is -0.570. The first-order valence-corrected chi connectivity index (χ1v) is 5.35. The van der Waals surface area contributed by atoms with Crippen LogP contribution in [0.1, 0.15) is 40.0 Å². The maximum absolute atomic E-state index is 11.5. The van der Waals surface area contributed by atoms with E-state index in [0.717, 1.165) is 25.9 Å². The fourth-order valence-corrected chi connectivity index (χ4v) is 1.05. The molecule has 1 aliphatic heterocycles. The number of rotatable bonds is 6. The molecule has 1 heterocycles. The molecule has 0 aromatic heterocycles. The zero-order valence-corrected chi connectivity index (χ0v) is 9.34. The van der Waals surface area contributed by atoms with Crippen LogP contribution < -0.4 is 0 Å². The summed E-state index contributed by atoms with van der Waals surface area (Å²) in [4.78, 5) is 11.5. The average molecular weight is 200 g/mol. The summed E-state index contributed by atoms with van der Waals surface area (Å²) >= 11 is 0. The van der Waals surface area contributed by atoms with Crippen LogP contribution in [0.3, 0.4) is 0 Å². The Morgan fingerprint density at radius 2 is 2.21 bits per heavy atom. The Kier molecular flexibility index (Phi) is 3.93. The molecule has 1 saturated heterocycles. The fourth-order valence-electron chi connectivity index (χ4n) is 1.05. The van der Waals surface area contributed by atoms with Gasteiger partial charge in [0.25, 0.3) is 0 Å². The molecule has 0 radical (unpaired) electrons. The van der Waals surface area contributed by atoms with E-state index < -0.39 is 0 Å². The van der Waals surface area contributed by atoms with E-state index in [1.807, 2.05) is 20.8 Å². The topological polar surface area (TPSA) is 38.8 Å². The lowest BCUT2D eigenvalue weighted by Gasteiger charge is -2.20. The Bertz CT molecular complexity index is 195. The number of ether oxygens (including phenoxy) is 2. The van der Waals surface area contributed by atoms with E-state index in [1.165, 1.54) is 0 Å². The molecule has 0 aliphatic carbocycles. The van der Waals surface area contributed by atoms with Crippen molar-refractivity contribution in [3.63, 3.8) is 0 Å². The van der Waals surface area contributed by atoms with Gasteiger partial charge in [0, 0.05) is 0 Å². The van der Waals surface area contributed by atoms with Crippen molar-refractivity contribution in [2.45, 2.75) is 46.1 Å². The number of carbonyl (C=O) groups excluding carboxylic acids is 1. The monoisotopic (exact) mass is 200 g/mol. The fraction of sp³-hybridized carbons (Fsp3) is 0.909. The first kappa shape index (κ1) is 11.5. The highest BCUT2D eigenvalue weighted by molar-refractivity contribution is 5.75. The van der Waals surface area contributed by atoms with Gasteiger partial charge in [-0.2, -0.15) is 0 Å². The standard InChI is InChI=1S/C11H20O3/c1-4-11(2,3)10(12)13-7-5-6-9-8-14-9/h9H,4-8H2,1-3H3. The summed E-state index contributed by atoms with van der Waals surface area (Å²) in [6, 6.07) is 0. The molecule has 1 atom stereocenters. The molecule has 1 rings (SSSR count). The van der Waals surface area contributed by atoms with E-state index in [9.17, 15) is 4.79 Å². The zero-order valence-electron chi connectivity index (χ0n) is 9.34. The van der Waals surface area contributed by atoms with Gasteiger partial charge in [0.2, 0.25) is 0 Å². The molecule has 0 aromatic carbocycles. The summed E-state index contributed by atoms with van der Waals surface area (Å²) in [5, 5.41) is 0. The van der Waals surface area contributed by atoms with Gasteiger partial charge in [-0.1, -0.05) is 6.92 Å². The molecule has 0 spiro atoms. The summed E-state index contributed by atoms with van der Waals surface area (Å²) in [5.74, 6) is -0.0864. The maximum atomic E-state index is 11.5. The molecule has 3 nitrogen and oxygen atoms in total. The Morgan fingerprint density at radius 1 is 1.57 bits per heavy atom. The minimum atomic E-state index is -0.337. The van der Waals surface area contributed by atoms with Crippen molar-refractivity contribution in [3.05, 3.63) is 0 Å². The first-order chi connectivity index (χ1) is 6.56. The highest BCUT2D eigenvalue weighted by Crippen LogP contribution is 2.22. The van der Waals surface area contributed by atoms with Crippen molar-refractivity contribution >= 4 is 5.97 Å². The van der Waals surface area contributed by atoms with Crippen molar-refractivity contribution in [1.82, 2.24) is 0 Å². The number of carbonyl (C=O) groups is 1. The summed E-state index contributed by atoms with van der Waals surface area (Å²) in [7, 11) is 0. The van der Waals surface area contributed by atoms with Crippen LogP contribution in [0, 0.1) is 5.41 Å². The van der Waals surface area contributed by atoms with Crippen LogP contribution in [0.25, 0.3) is 0 Å². The molecule has 0 aromatic rings. The highest BCUT2D eigenvalue weighted by Gasteiger charge is 2.27. The second-order valence-corrected chi connectivity index (χ2v) is 4.47. The van der Waals surface area contributed by atoms with Gasteiger partial charge >= 0.3 is 5.97 Å². The molecular weight excluding hydrogens is 180 g/mol. The van der Waals surface area contributed by atoms with Crippen molar-refractivity contribution in [1.29, 1.82) is 0 Å². The van der Waals surface area contributed by atoms with Crippen molar-refractivity contribution in [3.8, 4) is 0 Å². The maximum Gasteiger partial charge on any atom is 0.311 e. The van der Waals surface area contributed by atoms with Gasteiger partial charge in [-0.3, -0.25) is 4.79 Å². The van der Waals surface area contributed by atoms with Crippen LogP contribution >= 0.6 is 0 Å². The Labute approximate surface area is 85.8 Å². The predicted molar refractivity (Wildman–Crippen MR) is 54.0 cm³/mol. The second kappa shape index (κ2) is 4.78. The smallest absolute Gasteiger partial charge is 0.311 e. The molecule has 1 fully saturated rings. The average Bonchev–Trinajstić information content (AvgIpc) is 2.95. The van der Waals surface area contributed by atoms with Crippen molar-refractivity contribution in [2.24, 2.45) is 5.41 Å². The third kappa shape index (κ3) is 3.66. The van der Waals surface area contributed by atoms with Crippen LogP contribution in [0.5, 0.6) is 0 Å². The number of esters is 1. The normalized spacial score (nSPS) is 20.6. The van der Waals surface area contributed by atoms with Crippen LogP contribution in [0.2, 0.25) is 0 Å². The van der Waals surface area contributed by atoms with Crippen LogP contribution in [-0.4, -0.2) is 25.3 Å². The lowest BCUT2D eigenvalue weighted by Crippen LogP contribution is -2.26. The molecule has 0 N–H and O–H groups in total. The molecule has 0 saturated carbocycles. The van der Waals surface area contributed by atoms with Gasteiger partial charge in [-0.25, -0.2) is 0 Å². The molecular formula is C11H20O3. The molecule has 0 amide bonds. The Balaban J connectivity index is 2.07. The number of hydrogen-bond acceptors (Lipinski definition) is 3. The third-order valence-electron chi connectivity index (χ3n) is 2.74. The van der Waals surface area contributed by atoms with Crippen LogP contribution in [0.4, 0.5) is 0 Å². The van der Waals surface area contributed by atoms with E-state index in [1.54, 1.807) is 0 Å². The quantitative estimate of drug-likeness (QED) is 0.374. The van der Waals surface area contributed by atoms with E-state index in [0.29, 0.717) is 12.7 Å². The van der Waals surface area contributed by atoms with Gasteiger partial charge in [0.15, 0.2) is 0 Å². The summed E-state index contributed by atoms with van der Waals surface area (Å²) in [5.41, 5.74) is -0.337. The number of epoxide rings is 1. The molecule has 14 heavy (non-hydrogen) atoms. The van der Waals surface area contributed by atoms with Gasteiger partial charge in [-0.15, -0.1) is 0 Å². The first-order valence-electron chi connectivity index (χ1n) is 5.35. The Morgan fingerprint density at radius 3 is 2.71 bits per heavy atom. The molecule has 1 unspecified atom stereocenters. The summed E-state index contributed by atoms with van der Waals surface area (Å²) in [6.45, 7) is 7.24. The van der Waals surface area contributed by atoms with Gasteiger partial charge in [-0.05, 0) is 33.1 Å². The van der Waals surface area contributed by atoms with Crippen molar-refractivity contribution in [2.75, 3.05) is 13.2 Å². The third-order valence-corrected chi connectivity index (χ3v) is 2.74. The molecule has 1 aliphatic rings. The van der Waals surface area contributed by atoms with Crippen LogP contribution in [-0.2, 0) is 14.3 Å².